The summed E-state index contributed by atoms with van der Waals surface area (Å²) in [5, 5.41) is 9.04. The van der Waals surface area contributed by atoms with E-state index in [0.717, 1.165) is 0 Å². The minimum atomic E-state index is -0.965. The van der Waals surface area contributed by atoms with Crippen LogP contribution in [0.1, 0.15) is 15.9 Å². The van der Waals surface area contributed by atoms with E-state index in [1.807, 2.05) is 0 Å². The van der Waals surface area contributed by atoms with Crippen molar-refractivity contribution in [1.82, 2.24) is 4.90 Å². The quantitative estimate of drug-likeness (QED) is 0.799. The fourth-order valence-corrected chi connectivity index (χ4v) is 1.57. The molecule has 0 saturated carbocycles. The molecule has 0 aliphatic carbocycles. The second kappa shape index (κ2) is 7.20. The molecule has 0 atom stereocenters. The molecular weight excluding hydrogens is 246 g/mol. The van der Waals surface area contributed by atoms with Gasteiger partial charge in [0.05, 0.1) is 5.56 Å². The monoisotopic (exact) mass is 263 g/mol. The molecule has 19 heavy (non-hydrogen) atoms. The van der Waals surface area contributed by atoms with Crippen molar-refractivity contribution < 1.29 is 19.4 Å². The third-order valence-corrected chi connectivity index (χ3v) is 2.60. The lowest BCUT2D eigenvalue weighted by Crippen LogP contribution is -2.29. The molecule has 1 aromatic carbocycles. The van der Waals surface area contributed by atoms with Crippen molar-refractivity contribution in [3.63, 3.8) is 0 Å². The van der Waals surface area contributed by atoms with E-state index in [-0.39, 0.29) is 12.2 Å². The normalized spacial score (nSPS) is 9.74. The maximum absolute atomic E-state index is 11.5. The number of carboxylic acid groups (broad SMARTS) is 1. The number of nitrogens with zero attached hydrogens (tertiary/aromatic N) is 1. The van der Waals surface area contributed by atoms with Crippen molar-refractivity contribution in [3.8, 4) is 0 Å². The minimum absolute atomic E-state index is 0.162. The van der Waals surface area contributed by atoms with Crippen LogP contribution in [0, 0.1) is 0 Å². The van der Waals surface area contributed by atoms with E-state index in [0.29, 0.717) is 18.5 Å². The molecule has 0 aliphatic rings. The van der Waals surface area contributed by atoms with E-state index in [2.05, 4.69) is 6.58 Å². The number of carboxylic acids is 1. The summed E-state index contributed by atoms with van der Waals surface area (Å²) < 4.78 is 4.87. The van der Waals surface area contributed by atoms with Crippen molar-refractivity contribution in [1.29, 1.82) is 0 Å². The second-order valence-electron chi connectivity index (χ2n) is 4.00. The maximum atomic E-state index is 11.5. The Labute approximate surface area is 112 Å². The van der Waals surface area contributed by atoms with Gasteiger partial charge in [-0.15, -0.1) is 0 Å². The van der Waals surface area contributed by atoms with Crippen LogP contribution in [0.5, 0.6) is 0 Å². The summed E-state index contributed by atoms with van der Waals surface area (Å²) in [6, 6.07) is 6.74. The zero-order valence-corrected chi connectivity index (χ0v) is 10.8. The van der Waals surface area contributed by atoms with Gasteiger partial charge in [0.2, 0.25) is 0 Å². The summed E-state index contributed by atoms with van der Waals surface area (Å²) in [5.74, 6) is -0.965. The molecular formula is C14H17NO4. The molecule has 0 saturated heterocycles. The molecule has 5 nitrogen and oxygen atoms in total. The molecule has 1 amide bonds. The largest absolute Gasteiger partial charge is 0.478 e. The van der Waals surface area contributed by atoms with Crippen LogP contribution in [0.25, 0.3) is 0 Å². The average molecular weight is 263 g/mol. The first-order valence-electron chi connectivity index (χ1n) is 5.86. The first-order chi connectivity index (χ1) is 9.06. The fourth-order valence-electron chi connectivity index (χ4n) is 1.57. The standard InChI is InChI=1S/C14H17NO4/c1-3-10-19-14(18)15(2)9-8-11-6-4-5-7-12(11)13(16)17/h3-7H,1,8-10H2,2H3,(H,16,17). The number of aromatic carboxylic acids is 1. The zero-order chi connectivity index (χ0) is 14.3. The summed E-state index contributed by atoms with van der Waals surface area (Å²) in [6.07, 6.45) is 1.50. The van der Waals surface area contributed by atoms with E-state index in [9.17, 15) is 9.59 Å². The van der Waals surface area contributed by atoms with Gasteiger partial charge in [-0.2, -0.15) is 0 Å². The van der Waals surface area contributed by atoms with Crippen molar-refractivity contribution in [2.45, 2.75) is 6.42 Å². The van der Waals surface area contributed by atoms with E-state index in [1.54, 1.807) is 31.3 Å². The van der Waals surface area contributed by atoms with Gasteiger partial charge >= 0.3 is 12.1 Å². The Morgan fingerprint density at radius 2 is 2.11 bits per heavy atom. The molecule has 0 heterocycles. The van der Waals surface area contributed by atoms with E-state index in [1.165, 1.54) is 11.0 Å². The van der Waals surface area contributed by atoms with Crippen LogP contribution in [0.2, 0.25) is 0 Å². The topological polar surface area (TPSA) is 66.8 Å². The summed E-state index contributed by atoms with van der Waals surface area (Å²) in [4.78, 5) is 23.9. The molecule has 0 unspecified atom stereocenters. The molecule has 1 N–H and O–H groups in total. The zero-order valence-electron chi connectivity index (χ0n) is 10.8. The smallest absolute Gasteiger partial charge is 0.409 e. The predicted octanol–water partition coefficient (Wildman–Crippen LogP) is 2.18. The lowest BCUT2D eigenvalue weighted by atomic mass is 10.0. The van der Waals surface area contributed by atoms with Crippen LogP contribution in [-0.4, -0.2) is 42.3 Å². The van der Waals surface area contributed by atoms with E-state index < -0.39 is 12.1 Å². The third-order valence-electron chi connectivity index (χ3n) is 2.60. The molecule has 5 heteroatoms. The Kier molecular flexibility index (Phi) is 5.60. The number of hydrogen-bond donors (Lipinski definition) is 1. The van der Waals surface area contributed by atoms with Crippen LogP contribution in [0.15, 0.2) is 36.9 Å². The molecule has 1 rings (SSSR count). The number of amides is 1. The Hall–Kier alpha value is -2.30. The van der Waals surface area contributed by atoms with Gasteiger partial charge in [0.1, 0.15) is 6.61 Å². The van der Waals surface area contributed by atoms with Gasteiger partial charge < -0.3 is 14.7 Å². The van der Waals surface area contributed by atoms with Crippen LogP contribution in [0.4, 0.5) is 4.79 Å². The Morgan fingerprint density at radius 3 is 2.74 bits per heavy atom. The highest BCUT2D eigenvalue weighted by molar-refractivity contribution is 5.89. The average Bonchev–Trinajstić information content (AvgIpc) is 2.42. The van der Waals surface area contributed by atoms with Gasteiger partial charge in [-0.25, -0.2) is 9.59 Å². The van der Waals surface area contributed by atoms with Crippen LogP contribution in [-0.2, 0) is 11.2 Å². The molecule has 1 aromatic rings. The molecule has 102 valence electrons. The first kappa shape index (κ1) is 14.8. The number of likely N-dealkylation sites (N-methyl/N-ethyl adjacent to an activating group) is 1. The number of hydrogen-bond acceptors (Lipinski definition) is 3. The highest BCUT2D eigenvalue weighted by atomic mass is 16.6. The molecule has 0 bridgehead atoms. The van der Waals surface area contributed by atoms with E-state index >= 15 is 0 Å². The lowest BCUT2D eigenvalue weighted by molar-refractivity contribution is 0.0695. The fraction of sp³-hybridized carbons (Fsp3) is 0.286. The van der Waals surface area contributed by atoms with Gasteiger partial charge in [-0.05, 0) is 18.1 Å². The number of carbonyl (C=O) groups is 2. The van der Waals surface area contributed by atoms with Crippen molar-refractivity contribution in [2.75, 3.05) is 20.2 Å². The Morgan fingerprint density at radius 1 is 1.42 bits per heavy atom. The van der Waals surface area contributed by atoms with Gasteiger partial charge in [-0.1, -0.05) is 30.9 Å². The molecule has 0 aromatic heterocycles. The van der Waals surface area contributed by atoms with E-state index in [4.69, 9.17) is 9.84 Å². The Bertz CT molecular complexity index is 470. The number of benzene rings is 1. The molecule has 0 spiro atoms. The summed E-state index contributed by atoms with van der Waals surface area (Å²) in [6.45, 7) is 4.01. The SMILES string of the molecule is C=CCOC(=O)N(C)CCc1ccccc1C(=O)O. The summed E-state index contributed by atoms with van der Waals surface area (Å²) in [7, 11) is 1.61. The van der Waals surface area contributed by atoms with Gasteiger partial charge in [0.15, 0.2) is 0 Å². The third kappa shape index (κ3) is 4.46. The van der Waals surface area contributed by atoms with Crippen molar-refractivity contribution >= 4 is 12.1 Å². The van der Waals surface area contributed by atoms with Crippen LogP contribution in [0.3, 0.4) is 0 Å². The van der Waals surface area contributed by atoms with Crippen molar-refractivity contribution in [3.05, 3.63) is 48.0 Å². The van der Waals surface area contributed by atoms with Crippen molar-refractivity contribution in [2.24, 2.45) is 0 Å². The number of rotatable bonds is 6. The maximum Gasteiger partial charge on any atom is 0.409 e. The van der Waals surface area contributed by atoms with Gasteiger partial charge in [-0.3, -0.25) is 0 Å². The van der Waals surface area contributed by atoms with Gasteiger partial charge in [0, 0.05) is 13.6 Å². The number of ether oxygens (including phenoxy) is 1. The summed E-state index contributed by atoms with van der Waals surface area (Å²) in [5.41, 5.74) is 0.953. The van der Waals surface area contributed by atoms with Gasteiger partial charge in [0.25, 0.3) is 0 Å². The molecule has 0 fully saturated rings. The Balaban J connectivity index is 2.59. The number of carbonyl (C=O) groups excluding carboxylic acids is 1. The lowest BCUT2D eigenvalue weighted by Gasteiger charge is -2.16. The molecule has 0 aliphatic heterocycles. The van der Waals surface area contributed by atoms with Crippen LogP contribution < -0.4 is 0 Å². The summed E-state index contributed by atoms with van der Waals surface area (Å²) >= 11 is 0. The second-order valence-corrected chi connectivity index (χ2v) is 4.00. The predicted molar refractivity (Wildman–Crippen MR) is 71.3 cm³/mol. The molecule has 0 radical (unpaired) electrons. The van der Waals surface area contributed by atoms with Crippen LogP contribution >= 0.6 is 0 Å². The minimum Gasteiger partial charge on any atom is -0.478 e. The highest BCUT2D eigenvalue weighted by Crippen LogP contribution is 2.10. The highest BCUT2D eigenvalue weighted by Gasteiger charge is 2.12. The first-order valence-corrected chi connectivity index (χ1v) is 5.86.